The van der Waals surface area contributed by atoms with Gasteiger partial charge in [-0.3, -0.25) is 9.79 Å². The summed E-state index contributed by atoms with van der Waals surface area (Å²) < 4.78 is 27.8. The zero-order chi connectivity index (χ0) is 22.0. The van der Waals surface area contributed by atoms with Crippen molar-refractivity contribution < 1.29 is 17.6 Å². The van der Waals surface area contributed by atoms with Gasteiger partial charge in [0, 0.05) is 57.1 Å². The van der Waals surface area contributed by atoms with E-state index < -0.39 is 9.84 Å². The molecule has 2 rings (SSSR count). The summed E-state index contributed by atoms with van der Waals surface area (Å²) in [6, 6.07) is 2.09. The van der Waals surface area contributed by atoms with Crippen LogP contribution in [0.4, 0.5) is 0 Å². The zero-order valence-corrected chi connectivity index (χ0v) is 19.1. The maximum Gasteiger partial charge on any atom is 0.287 e. The van der Waals surface area contributed by atoms with Crippen LogP contribution in [0, 0.1) is 6.92 Å². The molecular weight excluding hydrogens is 406 g/mol. The van der Waals surface area contributed by atoms with E-state index in [1.807, 2.05) is 13.8 Å². The summed E-state index contributed by atoms with van der Waals surface area (Å²) in [5.74, 6) is 1.15. The van der Waals surface area contributed by atoms with Gasteiger partial charge in [0.2, 0.25) is 0 Å². The molecule has 0 saturated carbocycles. The van der Waals surface area contributed by atoms with Gasteiger partial charge in [-0.05, 0) is 39.2 Å². The molecule has 170 valence electrons. The number of nitrogens with one attached hydrogen (secondary N) is 3. The van der Waals surface area contributed by atoms with Crippen LogP contribution < -0.4 is 16.0 Å². The molecule has 0 unspecified atom stereocenters. The molecule has 1 aromatic rings. The van der Waals surface area contributed by atoms with Gasteiger partial charge < -0.3 is 25.3 Å². The minimum atomic E-state index is -2.92. The fraction of sp³-hybridized carbons (Fsp3) is 0.700. The highest BCUT2D eigenvalue weighted by atomic mass is 32.2. The van der Waals surface area contributed by atoms with Crippen LogP contribution in [0.25, 0.3) is 0 Å². The molecule has 1 fully saturated rings. The van der Waals surface area contributed by atoms with E-state index in [1.165, 1.54) is 12.5 Å². The van der Waals surface area contributed by atoms with Gasteiger partial charge in [0.05, 0.1) is 12.0 Å². The largest absolute Gasteiger partial charge is 0.459 e. The molecule has 1 aliphatic rings. The quantitative estimate of drug-likeness (QED) is 0.279. The molecule has 0 atom stereocenters. The lowest BCUT2D eigenvalue weighted by Gasteiger charge is -2.32. The second kappa shape index (κ2) is 11.9. The van der Waals surface area contributed by atoms with Gasteiger partial charge in [-0.15, -0.1) is 0 Å². The van der Waals surface area contributed by atoms with E-state index in [1.54, 1.807) is 6.07 Å². The van der Waals surface area contributed by atoms with Gasteiger partial charge in [0.1, 0.15) is 9.84 Å². The average molecular weight is 442 g/mol. The van der Waals surface area contributed by atoms with Crippen molar-refractivity contribution >= 4 is 21.7 Å². The lowest BCUT2D eigenvalue weighted by molar-refractivity contribution is 0.0925. The number of guanidine groups is 1. The molecule has 0 aliphatic carbocycles. The van der Waals surface area contributed by atoms with Crippen LogP contribution in [0.2, 0.25) is 0 Å². The molecular formula is C20H35N5O4S. The van der Waals surface area contributed by atoms with E-state index in [-0.39, 0.29) is 11.7 Å². The van der Waals surface area contributed by atoms with Crippen molar-refractivity contribution in [2.45, 2.75) is 39.2 Å². The van der Waals surface area contributed by atoms with Gasteiger partial charge in [-0.1, -0.05) is 0 Å². The van der Waals surface area contributed by atoms with Crippen LogP contribution in [-0.4, -0.2) is 82.5 Å². The number of carbonyl (C=O) groups excluding carboxylic acids is 1. The van der Waals surface area contributed by atoms with E-state index in [4.69, 9.17) is 4.42 Å². The number of aryl methyl sites for hydroxylation is 1. The number of piperidine rings is 1. The number of furan rings is 1. The van der Waals surface area contributed by atoms with Crippen LogP contribution in [-0.2, 0) is 9.84 Å². The first kappa shape index (κ1) is 24.2. The van der Waals surface area contributed by atoms with Crippen molar-refractivity contribution in [1.82, 2.24) is 20.9 Å². The Morgan fingerprint density at radius 3 is 2.63 bits per heavy atom. The first-order valence-electron chi connectivity index (χ1n) is 10.6. The summed E-state index contributed by atoms with van der Waals surface area (Å²) in [4.78, 5) is 18.8. The van der Waals surface area contributed by atoms with Gasteiger partial charge in [0.15, 0.2) is 11.7 Å². The smallest absolute Gasteiger partial charge is 0.287 e. The Kier molecular flexibility index (Phi) is 9.64. The average Bonchev–Trinajstić information content (AvgIpc) is 3.12. The third-order valence-corrected chi connectivity index (χ3v) is 5.93. The Labute approximate surface area is 179 Å². The molecule has 0 radical (unpaired) electrons. The number of sulfone groups is 1. The number of carbonyl (C=O) groups is 1. The molecule has 9 nitrogen and oxygen atoms in total. The topological polar surface area (TPSA) is 116 Å². The molecule has 0 bridgehead atoms. The van der Waals surface area contributed by atoms with Gasteiger partial charge >= 0.3 is 0 Å². The lowest BCUT2D eigenvalue weighted by atomic mass is 10.1. The van der Waals surface area contributed by atoms with Gasteiger partial charge in [0.25, 0.3) is 5.91 Å². The van der Waals surface area contributed by atoms with Crippen LogP contribution in [0.15, 0.2) is 21.7 Å². The fourth-order valence-corrected chi connectivity index (χ4v) is 3.86. The summed E-state index contributed by atoms with van der Waals surface area (Å²) in [6.45, 7) is 8.12. The molecule has 2 heterocycles. The standard InChI is InChI=1S/C20H35N5O4S/c1-4-21-20(23-10-5-9-22-19(26)18-16(2)8-14-29-18)24-17-6-11-25(12-7-17)13-15-30(3,27)28/h8,14,17H,4-7,9-13,15H2,1-3H3,(H,22,26)(H2,21,23,24). The number of hydrogen-bond acceptors (Lipinski definition) is 6. The van der Waals surface area contributed by atoms with Crippen molar-refractivity contribution in [2.75, 3.05) is 51.3 Å². The van der Waals surface area contributed by atoms with E-state index in [2.05, 4.69) is 25.8 Å². The maximum absolute atomic E-state index is 12.0. The molecule has 1 aromatic heterocycles. The third-order valence-electron chi connectivity index (χ3n) is 5.01. The van der Waals surface area contributed by atoms with Crippen LogP contribution in [0.5, 0.6) is 0 Å². The molecule has 10 heteroatoms. The first-order chi connectivity index (χ1) is 14.3. The number of amides is 1. The highest BCUT2D eigenvalue weighted by Crippen LogP contribution is 2.10. The monoisotopic (exact) mass is 441 g/mol. The first-order valence-corrected chi connectivity index (χ1v) is 12.6. The van der Waals surface area contributed by atoms with Crippen molar-refractivity contribution in [2.24, 2.45) is 4.99 Å². The molecule has 0 spiro atoms. The second-order valence-electron chi connectivity index (χ2n) is 7.69. The van der Waals surface area contributed by atoms with E-state index in [9.17, 15) is 13.2 Å². The number of nitrogens with zero attached hydrogens (tertiary/aromatic N) is 2. The SMILES string of the molecule is CCNC(=NCCCNC(=O)c1occc1C)NC1CCN(CCS(C)(=O)=O)CC1. The molecule has 1 saturated heterocycles. The Morgan fingerprint density at radius 2 is 2.03 bits per heavy atom. The maximum atomic E-state index is 12.0. The Bertz CT molecular complexity index is 798. The van der Waals surface area contributed by atoms with Crippen LogP contribution in [0.3, 0.4) is 0 Å². The fourth-order valence-electron chi connectivity index (χ4n) is 3.27. The Morgan fingerprint density at radius 1 is 1.30 bits per heavy atom. The van der Waals surface area contributed by atoms with Gasteiger partial charge in [-0.2, -0.15) is 0 Å². The zero-order valence-electron chi connectivity index (χ0n) is 18.2. The summed E-state index contributed by atoms with van der Waals surface area (Å²) in [5, 5.41) is 9.58. The highest BCUT2D eigenvalue weighted by molar-refractivity contribution is 7.90. The van der Waals surface area contributed by atoms with Crippen LogP contribution in [0.1, 0.15) is 42.3 Å². The van der Waals surface area contributed by atoms with Crippen molar-refractivity contribution in [3.8, 4) is 0 Å². The summed E-state index contributed by atoms with van der Waals surface area (Å²) >= 11 is 0. The predicted molar refractivity (Wildman–Crippen MR) is 119 cm³/mol. The minimum absolute atomic E-state index is 0.200. The van der Waals surface area contributed by atoms with Crippen molar-refractivity contribution in [3.05, 3.63) is 23.7 Å². The normalized spacial score (nSPS) is 16.4. The molecule has 0 aromatic carbocycles. The lowest BCUT2D eigenvalue weighted by Crippen LogP contribution is -2.49. The van der Waals surface area contributed by atoms with E-state index in [0.29, 0.717) is 31.4 Å². The third kappa shape index (κ3) is 8.74. The molecule has 30 heavy (non-hydrogen) atoms. The molecule has 1 amide bonds. The van der Waals surface area contributed by atoms with Crippen molar-refractivity contribution in [3.63, 3.8) is 0 Å². The summed E-state index contributed by atoms with van der Waals surface area (Å²) in [6.07, 6.45) is 5.43. The van der Waals surface area contributed by atoms with Crippen LogP contribution >= 0.6 is 0 Å². The number of hydrogen-bond donors (Lipinski definition) is 3. The predicted octanol–water partition coefficient (Wildman–Crippen LogP) is 0.772. The van der Waals surface area contributed by atoms with Gasteiger partial charge in [-0.25, -0.2) is 8.42 Å². The Hall–Kier alpha value is -2.07. The Balaban J connectivity index is 1.69. The van der Waals surface area contributed by atoms with E-state index in [0.717, 1.165) is 50.4 Å². The number of likely N-dealkylation sites (tertiary alicyclic amines) is 1. The van der Waals surface area contributed by atoms with E-state index >= 15 is 0 Å². The molecule has 1 aliphatic heterocycles. The summed E-state index contributed by atoms with van der Waals surface area (Å²) in [7, 11) is -2.92. The second-order valence-corrected chi connectivity index (χ2v) is 9.95. The highest BCUT2D eigenvalue weighted by Gasteiger charge is 2.20. The summed E-state index contributed by atoms with van der Waals surface area (Å²) in [5.41, 5.74) is 0.825. The number of aliphatic imine (C=N–C) groups is 1. The minimum Gasteiger partial charge on any atom is -0.459 e. The van der Waals surface area contributed by atoms with Crippen molar-refractivity contribution in [1.29, 1.82) is 0 Å². The number of rotatable bonds is 10. The molecule has 3 N–H and O–H groups in total.